The SMILES string of the molecule is O=C=CC(F)(F)C(F)(F)F. The largest absolute Gasteiger partial charge is 0.458 e. The van der Waals surface area contributed by atoms with Crippen molar-refractivity contribution < 1.29 is 26.7 Å². The summed E-state index contributed by atoms with van der Waals surface area (Å²) in [4.78, 5) is 9.11. The minimum Gasteiger partial charge on any atom is -0.234 e. The highest BCUT2D eigenvalue weighted by atomic mass is 19.4. The summed E-state index contributed by atoms with van der Waals surface area (Å²) in [7, 11) is 0. The van der Waals surface area contributed by atoms with Crippen LogP contribution in [0.3, 0.4) is 0 Å². The van der Waals surface area contributed by atoms with E-state index in [0.29, 0.717) is 5.94 Å². The van der Waals surface area contributed by atoms with Gasteiger partial charge in [0, 0.05) is 0 Å². The lowest BCUT2D eigenvalue weighted by Crippen LogP contribution is -2.34. The van der Waals surface area contributed by atoms with Crippen LogP contribution in [-0.4, -0.2) is 18.0 Å². The molecule has 0 unspecified atom stereocenters. The Morgan fingerprint density at radius 1 is 1.10 bits per heavy atom. The number of rotatable bonds is 1. The Kier molecular flexibility index (Phi) is 2.17. The van der Waals surface area contributed by atoms with Gasteiger partial charge >= 0.3 is 12.1 Å². The molecule has 0 saturated heterocycles. The van der Waals surface area contributed by atoms with Gasteiger partial charge in [-0.1, -0.05) is 0 Å². The fourth-order valence-electron chi connectivity index (χ4n) is 0.156. The van der Waals surface area contributed by atoms with Crippen molar-refractivity contribution in [3.05, 3.63) is 6.08 Å². The molecule has 0 N–H and O–H groups in total. The summed E-state index contributed by atoms with van der Waals surface area (Å²) in [5.41, 5.74) is 0. The fraction of sp³-hybridized carbons (Fsp3) is 0.500. The first-order chi connectivity index (χ1) is 4.31. The average Bonchev–Trinajstić information content (AvgIpc) is 1.61. The molecule has 0 fully saturated rings. The predicted octanol–water partition coefficient (Wildman–Crippen LogP) is 1.57. The molecule has 0 rings (SSSR count). The van der Waals surface area contributed by atoms with Gasteiger partial charge in [-0.25, -0.2) is 4.79 Å². The minimum absolute atomic E-state index is 0.370. The molecule has 0 atom stereocenters. The van der Waals surface area contributed by atoms with Crippen molar-refractivity contribution in [3.8, 4) is 0 Å². The smallest absolute Gasteiger partial charge is 0.234 e. The number of hydrogen-bond acceptors (Lipinski definition) is 1. The highest BCUT2D eigenvalue weighted by Gasteiger charge is 2.56. The quantitative estimate of drug-likeness (QED) is 0.420. The van der Waals surface area contributed by atoms with Crippen LogP contribution < -0.4 is 0 Å². The van der Waals surface area contributed by atoms with Crippen molar-refractivity contribution in [2.45, 2.75) is 12.1 Å². The highest BCUT2D eigenvalue weighted by molar-refractivity contribution is 5.47. The van der Waals surface area contributed by atoms with E-state index >= 15 is 0 Å². The summed E-state index contributed by atoms with van der Waals surface area (Å²) in [5.74, 6) is -4.69. The van der Waals surface area contributed by atoms with E-state index in [1.54, 1.807) is 0 Å². The van der Waals surface area contributed by atoms with Crippen LogP contribution in [0, 0.1) is 0 Å². The molecule has 0 aromatic heterocycles. The molecule has 0 aromatic rings. The zero-order valence-corrected chi connectivity index (χ0v) is 4.38. The summed E-state index contributed by atoms with van der Waals surface area (Å²) in [5, 5.41) is 0. The van der Waals surface area contributed by atoms with Gasteiger partial charge in [0.05, 0.1) is 6.08 Å². The van der Waals surface area contributed by atoms with E-state index in [-0.39, 0.29) is 0 Å². The summed E-state index contributed by atoms with van der Waals surface area (Å²) in [6.45, 7) is 0. The number of halogens is 5. The summed E-state index contributed by atoms with van der Waals surface area (Å²) in [6, 6.07) is 0. The van der Waals surface area contributed by atoms with Crippen molar-refractivity contribution >= 4 is 5.94 Å². The van der Waals surface area contributed by atoms with Gasteiger partial charge in [0.25, 0.3) is 0 Å². The Morgan fingerprint density at radius 3 is 1.60 bits per heavy atom. The van der Waals surface area contributed by atoms with Gasteiger partial charge in [0.2, 0.25) is 0 Å². The molecule has 0 saturated carbocycles. The van der Waals surface area contributed by atoms with Gasteiger partial charge in [-0.3, -0.25) is 0 Å². The van der Waals surface area contributed by atoms with E-state index in [4.69, 9.17) is 4.79 Å². The maximum Gasteiger partial charge on any atom is 0.458 e. The second-order valence-electron chi connectivity index (χ2n) is 1.38. The van der Waals surface area contributed by atoms with Crippen LogP contribution in [0.5, 0.6) is 0 Å². The van der Waals surface area contributed by atoms with Crippen LogP contribution in [-0.2, 0) is 4.79 Å². The molecule has 0 bridgehead atoms. The van der Waals surface area contributed by atoms with Crippen molar-refractivity contribution in [2.75, 3.05) is 0 Å². The third-order valence-corrected chi connectivity index (χ3v) is 0.618. The monoisotopic (exact) mass is 160 g/mol. The van der Waals surface area contributed by atoms with Crippen molar-refractivity contribution in [1.82, 2.24) is 0 Å². The van der Waals surface area contributed by atoms with E-state index in [9.17, 15) is 22.0 Å². The fourth-order valence-corrected chi connectivity index (χ4v) is 0.156. The molecule has 0 aromatic carbocycles. The molecule has 6 heteroatoms. The molecule has 0 spiro atoms. The number of allylic oxidation sites excluding steroid dienone is 1. The van der Waals surface area contributed by atoms with Gasteiger partial charge in [-0.15, -0.1) is 0 Å². The highest BCUT2D eigenvalue weighted by Crippen LogP contribution is 2.35. The molecule has 0 aliphatic carbocycles. The predicted molar refractivity (Wildman–Crippen MR) is 21.3 cm³/mol. The first kappa shape index (κ1) is 9.10. The van der Waals surface area contributed by atoms with Gasteiger partial charge in [0.1, 0.15) is 5.94 Å². The van der Waals surface area contributed by atoms with E-state index in [1.807, 2.05) is 0 Å². The minimum atomic E-state index is -5.70. The molecule has 58 valence electrons. The molecular weight excluding hydrogens is 159 g/mol. The normalized spacial score (nSPS) is 12.5. The van der Waals surface area contributed by atoms with Gasteiger partial charge < -0.3 is 0 Å². The molecule has 0 radical (unpaired) electrons. The van der Waals surface area contributed by atoms with Crippen LogP contribution >= 0.6 is 0 Å². The molecule has 1 nitrogen and oxygen atoms in total. The van der Waals surface area contributed by atoms with Crippen LogP contribution in [0.4, 0.5) is 22.0 Å². The Hall–Kier alpha value is -0.900. The van der Waals surface area contributed by atoms with Crippen molar-refractivity contribution in [3.63, 3.8) is 0 Å². The van der Waals surface area contributed by atoms with Crippen molar-refractivity contribution in [1.29, 1.82) is 0 Å². The van der Waals surface area contributed by atoms with Crippen molar-refractivity contribution in [2.24, 2.45) is 0 Å². The lowest BCUT2D eigenvalue weighted by molar-refractivity contribution is -0.258. The Balaban J connectivity index is 4.56. The topological polar surface area (TPSA) is 17.1 Å². The third kappa shape index (κ3) is 1.80. The first-order valence-corrected chi connectivity index (χ1v) is 1.98. The summed E-state index contributed by atoms with van der Waals surface area (Å²) >= 11 is 0. The Morgan fingerprint density at radius 2 is 1.50 bits per heavy atom. The Bertz CT molecular complexity index is 163. The second-order valence-corrected chi connectivity index (χ2v) is 1.38. The van der Waals surface area contributed by atoms with E-state index < -0.39 is 18.2 Å². The van der Waals surface area contributed by atoms with Gasteiger partial charge in [-0.05, 0) is 0 Å². The number of hydrogen-bond donors (Lipinski definition) is 0. The summed E-state index contributed by atoms with van der Waals surface area (Å²) < 4.78 is 56.2. The van der Waals surface area contributed by atoms with E-state index in [0.717, 1.165) is 0 Å². The maximum atomic E-state index is 11.5. The Labute approximate surface area is 52.1 Å². The van der Waals surface area contributed by atoms with Crippen LogP contribution in [0.25, 0.3) is 0 Å². The molecule has 0 aliphatic heterocycles. The van der Waals surface area contributed by atoms with Gasteiger partial charge in [-0.2, -0.15) is 22.0 Å². The van der Waals surface area contributed by atoms with Crippen LogP contribution in [0.2, 0.25) is 0 Å². The number of alkyl halides is 5. The molecule has 10 heavy (non-hydrogen) atoms. The summed E-state index contributed by atoms with van der Waals surface area (Å²) in [6.07, 6.45) is -6.57. The zero-order chi connectivity index (χ0) is 8.41. The lowest BCUT2D eigenvalue weighted by Gasteiger charge is -2.12. The molecule has 0 amide bonds. The van der Waals surface area contributed by atoms with Crippen LogP contribution in [0.15, 0.2) is 6.08 Å². The van der Waals surface area contributed by atoms with Gasteiger partial charge in [0.15, 0.2) is 0 Å². The average molecular weight is 160 g/mol. The van der Waals surface area contributed by atoms with Crippen LogP contribution in [0.1, 0.15) is 0 Å². The first-order valence-electron chi connectivity index (χ1n) is 1.98. The lowest BCUT2D eigenvalue weighted by atomic mass is 10.3. The number of carbonyl (C=O) groups excluding carboxylic acids is 1. The maximum absolute atomic E-state index is 11.5. The molecule has 0 heterocycles. The van der Waals surface area contributed by atoms with E-state index in [2.05, 4.69) is 0 Å². The van der Waals surface area contributed by atoms with E-state index in [1.165, 1.54) is 0 Å². The third-order valence-electron chi connectivity index (χ3n) is 0.618. The molecular formula is C4HF5O. The zero-order valence-electron chi connectivity index (χ0n) is 4.38. The standard InChI is InChI=1S/C4HF5O/c5-3(6,1-2-10)4(7,8)9/h1H. The second kappa shape index (κ2) is 2.38. The molecule has 0 aliphatic rings.